The molecule has 3 atom stereocenters. The number of aliphatic hydroxyl groups excluding tert-OH is 2. The minimum Gasteiger partial charge on any atom is -0.506 e. The van der Waals surface area contributed by atoms with Crippen molar-refractivity contribution in [3.63, 3.8) is 0 Å². The molecule has 3 unspecified atom stereocenters. The molecule has 5 heteroatoms. The average molecular weight is 175 g/mol. The summed E-state index contributed by atoms with van der Waals surface area (Å²) in [7, 11) is 0. The van der Waals surface area contributed by atoms with E-state index in [1.54, 1.807) is 11.8 Å². The molecule has 1 saturated heterocycles. The summed E-state index contributed by atoms with van der Waals surface area (Å²) >= 11 is 1.58. The van der Waals surface area contributed by atoms with Crippen molar-refractivity contribution >= 4 is 11.8 Å². The molecular weight excluding hydrogens is 166 g/mol. The van der Waals surface area contributed by atoms with Crippen LogP contribution < -0.4 is 5.32 Å². The fourth-order valence-electron chi connectivity index (χ4n) is 1.20. The summed E-state index contributed by atoms with van der Waals surface area (Å²) in [6.45, 7) is 0. The summed E-state index contributed by atoms with van der Waals surface area (Å²) in [5.41, 5.74) is -0.0547. The lowest BCUT2D eigenvalue weighted by Crippen LogP contribution is -2.45. The second kappa shape index (κ2) is 2.58. The van der Waals surface area contributed by atoms with Gasteiger partial charge in [0, 0.05) is 5.88 Å². The quantitative estimate of drug-likeness (QED) is 0.474. The standard InChI is InChI=1S/C6H9NO3S/c8-3-1-10-6-4(5(3)9)7-2-11-6/h1,4-9H,2H2. The van der Waals surface area contributed by atoms with Gasteiger partial charge in [0.1, 0.15) is 12.4 Å². The third kappa shape index (κ3) is 1.09. The van der Waals surface area contributed by atoms with Gasteiger partial charge in [-0.05, 0) is 0 Å². The third-order valence-corrected chi connectivity index (χ3v) is 2.89. The first-order chi connectivity index (χ1) is 5.29. The van der Waals surface area contributed by atoms with Crippen LogP contribution in [0.15, 0.2) is 12.0 Å². The lowest BCUT2D eigenvalue weighted by molar-refractivity contribution is 0.0369. The van der Waals surface area contributed by atoms with Crippen LogP contribution in [0.3, 0.4) is 0 Å². The normalized spacial score (nSPS) is 42.6. The van der Waals surface area contributed by atoms with Crippen molar-refractivity contribution in [2.24, 2.45) is 0 Å². The fourth-order valence-corrected chi connectivity index (χ4v) is 2.24. The van der Waals surface area contributed by atoms with Crippen molar-refractivity contribution in [3.05, 3.63) is 12.0 Å². The molecule has 0 aromatic heterocycles. The predicted octanol–water partition coefficient (Wildman–Crippen LogP) is -0.235. The van der Waals surface area contributed by atoms with Crippen LogP contribution >= 0.6 is 11.8 Å². The number of hydrogen-bond acceptors (Lipinski definition) is 5. The number of rotatable bonds is 0. The number of hydrogen-bond donors (Lipinski definition) is 3. The Bertz CT molecular complexity index is 196. The van der Waals surface area contributed by atoms with Gasteiger partial charge in [0.05, 0.1) is 6.04 Å². The molecule has 0 radical (unpaired) electrons. The Morgan fingerprint density at radius 2 is 2.55 bits per heavy atom. The summed E-state index contributed by atoms with van der Waals surface area (Å²) in [5.74, 6) is 0.661. The molecule has 2 rings (SSSR count). The number of nitrogens with one attached hydrogen (secondary N) is 1. The molecule has 0 aromatic rings. The lowest BCUT2D eigenvalue weighted by Gasteiger charge is -2.27. The predicted molar refractivity (Wildman–Crippen MR) is 41.0 cm³/mol. The molecule has 0 saturated carbocycles. The fraction of sp³-hybridized carbons (Fsp3) is 0.667. The molecule has 0 amide bonds. The maximum absolute atomic E-state index is 9.37. The van der Waals surface area contributed by atoms with Gasteiger partial charge in [0.15, 0.2) is 11.2 Å². The van der Waals surface area contributed by atoms with Crippen LogP contribution in [-0.4, -0.2) is 33.7 Å². The Kier molecular flexibility index (Phi) is 1.71. The number of ether oxygens (including phenoxy) is 1. The summed E-state index contributed by atoms with van der Waals surface area (Å²) in [4.78, 5) is 0. The van der Waals surface area contributed by atoms with Crippen molar-refractivity contribution in [1.29, 1.82) is 0 Å². The molecule has 1 fully saturated rings. The van der Waals surface area contributed by atoms with E-state index < -0.39 is 6.10 Å². The topological polar surface area (TPSA) is 61.7 Å². The maximum atomic E-state index is 9.37. The van der Waals surface area contributed by atoms with Crippen LogP contribution in [0, 0.1) is 0 Å². The number of thioether (sulfide) groups is 1. The highest BCUT2D eigenvalue weighted by Gasteiger charge is 2.39. The molecular formula is C6H9NO3S. The zero-order chi connectivity index (χ0) is 7.84. The van der Waals surface area contributed by atoms with Crippen LogP contribution in [-0.2, 0) is 4.74 Å². The Balaban J connectivity index is 2.17. The van der Waals surface area contributed by atoms with E-state index in [0.717, 1.165) is 5.88 Å². The van der Waals surface area contributed by atoms with E-state index in [1.165, 1.54) is 6.26 Å². The minimum absolute atomic E-state index is 0.0547. The highest BCUT2D eigenvalue weighted by atomic mass is 32.2. The number of aliphatic hydroxyl groups is 2. The van der Waals surface area contributed by atoms with E-state index in [1.807, 2.05) is 0 Å². The molecule has 3 N–H and O–H groups in total. The van der Waals surface area contributed by atoms with Crippen LogP contribution in [0.5, 0.6) is 0 Å². The van der Waals surface area contributed by atoms with Gasteiger partial charge in [-0.2, -0.15) is 0 Å². The second-order valence-electron chi connectivity index (χ2n) is 2.53. The summed E-state index contributed by atoms with van der Waals surface area (Å²) < 4.78 is 5.11. The van der Waals surface area contributed by atoms with E-state index in [4.69, 9.17) is 9.84 Å². The van der Waals surface area contributed by atoms with E-state index in [2.05, 4.69) is 5.32 Å². The first-order valence-electron chi connectivity index (χ1n) is 3.36. The van der Waals surface area contributed by atoms with Gasteiger partial charge in [-0.25, -0.2) is 0 Å². The largest absolute Gasteiger partial charge is 0.506 e. The summed E-state index contributed by atoms with van der Waals surface area (Å²) in [5, 5.41) is 21.5. The van der Waals surface area contributed by atoms with E-state index >= 15 is 0 Å². The zero-order valence-electron chi connectivity index (χ0n) is 5.73. The first kappa shape index (κ1) is 7.27. The lowest BCUT2D eigenvalue weighted by atomic mass is 10.1. The van der Waals surface area contributed by atoms with Crippen molar-refractivity contribution in [2.45, 2.75) is 17.6 Å². The zero-order valence-corrected chi connectivity index (χ0v) is 6.54. The molecule has 2 aliphatic rings. The van der Waals surface area contributed by atoms with E-state index in [0.29, 0.717) is 0 Å². The molecule has 4 nitrogen and oxygen atoms in total. The highest BCUT2D eigenvalue weighted by Crippen LogP contribution is 2.29. The van der Waals surface area contributed by atoms with E-state index in [9.17, 15) is 5.11 Å². The minimum atomic E-state index is -0.816. The van der Waals surface area contributed by atoms with Gasteiger partial charge in [-0.15, -0.1) is 11.8 Å². The van der Waals surface area contributed by atoms with Gasteiger partial charge in [0.2, 0.25) is 0 Å². The van der Waals surface area contributed by atoms with Gasteiger partial charge < -0.3 is 14.9 Å². The van der Waals surface area contributed by atoms with Crippen LogP contribution in [0.1, 0.15) is 0 Å². The van der Waals surface area contributed by atoms with Crippen molar-refractivity contribution in [2.75, 3.05) is 5.88 Å². The highest BCUT2D eigenvalue weighted by molar-refractivity contribution is 8.00. The maximum Gasteiger partial charge on any atom is 0.163 e. The van der Waals surface area contributed by atoms with Crippen molar-refractivity contribution in [1.82, 2.24) is 5.32 Å². The van der Waals surface area contributed by atoms with Crippen LogP contribution in [0.25, 0.3) is 0 Å². The molecule has 0 spiro atoms. The van der Waals surface area contributed by atoms with Gasteiger partial charge >= 0.3 is 0 Å². The first-order valence-corrected chi connectivity index (χ1v) is 4.41. The SMILES string of the molecule is OC1=COC2SCNC2C1O. The second-order valence-corrected chi connectivity index (χ2v) is 3.62. The molecule has 2 heterocycles. The molecule has 0 aliphatic carbocycles. The molecule has 2 aliphatic heterocycles. The Morgan fingerprint density at radius 1 is 1.73 bits per heavy atom. The number of fused-ring (bicyclic) bond motifs is 1. The Labute approximate surface area is 68.2 Å². The molecule has 11 heavy (non-hydrogen) atoms. The van der Waals surface area contributed by atoms with Gasteiger partial charge in [-0.1, -0.05) is 0 Å². The van der Waals surface area contributed by atoms with Gasteiger partial charge in [0.25, 0.3) is 0 Å². The van der Waals surface area contributed by atoms with Crippen molar-refractivity contribution in [3.8, 4) is 0 Å². The van der Waals surface area contributed by atoms with Gasteiger partial charge in [-0.3, -0.25) is 5.32 Å². The third-order valence-electron chi connectivity index (χ3n) is 1.83. The monoisotopic (exact) mass is 175 g/mol. The average Bonchev–Trinajstić information content (AvgIpc) is 2.45. The molecule has 0 bridgehead atoms. The summed E-state index contributed by atoms with van der Waals surface area (Å²) in [6, 6.07) is -0.162. The van der Waals surface area contributed by atoms with Crippen molar-refractivity contribution < 1.29 is 14.9 Å². The Hall–Kier alpha value is -0.390. The molecule has 62 valence electrons. The van der Waals surface area contributed by atoms with E-state index in [-0.39, 0.29) is 17.2 Å². The Morgan fingerprint density at radius 3 is 3.36 bits per heavy atom. The van der Waals surface area contributed by atoms with Crippen LogP contribution in [0.4, 0.5) is 0 Å². The van der Waals surface area contributed by atoms with Crippen LogP contribution in [0.2, 0.25) is 0 Å². The summed E-state index contributed by atoms with van der Waals surface area (Å²) in [6.07, 6.45) is 0.398. The smallest absolute Gasteiger partial charge is 0.163 e. The molecule has 0 aromatic carbocycles.